The number of hydrogen-bond acceptors (Lipinski definition) is 4. The van der Waals surface area contributed by atoms with Gasteiger partial charge in [-0.15, -0.1) is 13.2 Å². The Balaban J connectivity index is 1.62. The molecule has 0 unspecified atom stereocenters. The molecule has 2 saturated heterocycles. The van der Waals surface area contributed by atoms with Crippen LogP contribution >= 0.6 is 0 Å². The minimum atomic E-state index is -4.67. The van der Waals surface area contributed by atoms with E-state index in [1.54, 1.807) is 12.1 Å². The molecule has 1 aromatic rings. The Labute approximate surface area is 139 Å². The SMILES string of the molecule is O[C@@H]1CCOC[C@H]1[C@H]1CCCN1Cc1ccc(OC(F)(F)F)cc1. The molecule has 3 atom stereocenters. The number of likely N-dealkylation sites (tertiary alicyclic amines) is 1. The van der Waals surface area contributed by atoms with Crippen LogP contribution in [0.5, 0.6) is 5.75 Å². The number of benzene rings is 1. The predicted octanol–water partition coefficient (Wildman–Crippen LogP) is 2.95. The first-order valence-corrected chi connectivity index (χ1v) is 8.27. The Bertz CT molecular complexity index is 535. The molecule has 2 fully saturated rings. The van der Waals surface area contributed by atoms with Gasteiger partial charge in [-0.1, -0.05) is 12.1 Å². The fraction of sp³-hybridized carbons (Fsp3) is 0.647. The van der Waals surface area contributed by atoms with E-state index in [1.807, 2.05) is 0 Å². The summed E-state index contributed by atoms with van der Waals surface area (Å²) in [7, 11) is 0. The molecule has 4 nitrogen and oxygen atoms in total. The second-order valence-electron chi connectivity index (χ2n) is 6.47. The molecule has 0 saturated carbocycles. The van der Waals surface area contributed by atoms with Gasteiger partial charge in [0.25, 0.3) is 0 Å². The fourth-order valence-electron chi connectivity index (χ4n) is 3.68. The van der Waals surface area contributed by atoms with Gasteiger partial charge in [0.15, 0.2) is 0 Å². The van der Waals surface area contributed by atoms with Crippen LogP contribution in [0.2, 0.25) is 0 Å². The normalized spacial score (nSPS) is 28.9. The average Bonchev–Trinajstić information content (AvgIpc) is 2.96. The van der Waals surface area contributed by atoms with Crippen LogP contribution < -0.4 is 4.74 Å². The summed E-state index contributed by atoms with van der Waals surface area (Å²) in [6.45, 7) is 2.75. The highest BCUT2D eigenvalue weighted by Gasteiger charge is 2.37. The highest BCUT2D eigenvalue weighted by atomic mass is 19.4. The van der Waals surface area contributed by atoms with E-state index in [2.05, 4.69) is 9.64 Å². The molecule has 24 heavy (non-hydrogen) atoms. The van der Waals surface area contributed by atoms with Crippen LogP contribution in [0.3, 0.4) is 0 Å². The predicted molar refractivity (Wildman–Crippen MR) is 81.5 cm³/mol. The van der Waals surface area contributed by atoms with Crippen LogP contribution in [0, 0.1) is 5.92 Å². The second-order valence-corrected chi connectivity index (χ2v) is 6.47. The average molecular weight is 345 g/mol. The Morgan fingerprint density at radius 1 is 1.21 bits per heavy atom. The van der Waals surface area contributed by atoms with E-state index >= 15 is 0 Å². The van der Waals surface area contributed by atoms with Crippen molar-refractivity contribution in [3.8, 4) is 5.75 Å². The maximum atomic E-state index is 12.2. The van der Waals surface area contributed by atoms with Gasteiger partial charge in [-0.05, 0) is 43.5 Å². The van der Waals surface area contributed by atoms with Crippen LogP contribution in [-0.2, 0) is 11.3 Å². The van der Waals surface area contributed by atoms with Crippen molar-refractivity contribution in [2.24, 2.45) is 5.92 Å². The zero-order valence-electron chi connectivity index (χ0n) is 13.3. The molecular weight excluding hydrogens is 323 g/mol. The highest BCUT2D eigenvalue weighted by Crippen LogP contribution is 2.31. The molecule has 2 heterocycles. The Morgan fingerprint density at radius 2 is 1.96 bits per heavy atom. The summed E-state index contributed by atoms with van der Waals surface area (Å²) in [5.74, 6) is -0.102. The van der Waals surface area contributed by atoms with Gasteiger partial charge in [0, 0.05) is 25.1 Å². The van der Waals surface area contributed by atoms with Crippen LogP contribution in [0.15, 0.2) is 24.3 Å². The number of alkyl halides is 3. The lowest BCUT2D eigenvalue weighted by molar-refractivity contribution is -0.274. The summed E-state index contributed by atoms with van der Waals surface area (Å²) < 4.78 is 46.0. The number of hydrogen-bond donors (Lipinski definition) is 1. The van der Waals surface area contributed by atoms with Gasteiger partial charge in [-0.3, -0.25) is 4.90 Å². The van der Waals surface area contributed by atoms with Crippen LogP contribution in [0.1, 0.15) is 24.8 Å². The molecule has 1 N–H and O–H groups in total. The Hall–Kier alpha value is -1.31. The fourth-order valence-corrected chi connectivity index (χ4v) is 3.68. The summed E-state index contributed by atoms with van der Waals surface area (Å²) in [6.07, 6.45) is -2.27. The number of ether oxygens (including phenoxy) is 2. The third kappa shape index (κ3) is 4.40. The van der Waals surface area contributed by atoms with Crippen molar-refractivity contribution in [1.82, 2.24) is 4.90 Å². The lowest BCUT2D eigenvalue weighted by Crippen LogP contribution is -2.45. The number of aliphatic hydroxyl groups excluding tert-OH is 1. The number of rotatable bonds is 4. The standard InChI is InChI=1S/C17H22F3NO3/c18-17(19,20)24-13-5-3-12(4-6-13)10-21-8-1-2-15(21)14-11-23-9-7-16(14)22/h3-6,14-16,22H,1-2,7-11H2/t14-,15+,16+/m0/s1. The number of halogens is 3. The lowest BCUT2D eigenvalue weighted by Gasteiger charge is -2.37. The molecule has 134 valence electrons. The van der Waals surface area contributed by atoms with Crippen molar-refractivity contribution in [3.05, 3.63) is 29.8 Å². The largest absolute Gasteiger partial charge is 0.573 e. The van der Waals surface area contributed by atoms with E-state index in [1.165, 1.54) is 12.1 Å². The third-order valence-electron chi connectivity index (χ3n) is 4.81. The van der Waals surface area contributed by atoms with Gasteiger partial charge in [-0.2, -0.15) is 0 Å². The van der Waals surface area contributed by atoms with E-state index < -0.39 is 6.36 Å². The summed E-state index contributed by atoms with van der Waals surface area (Å²) >= 11 is 0. The molecular formula is C17H22F3NO3. The summed E-state index contributed by atoms with van der Waals surface area (Å²) in [4.78, 5) is 2.29. The molecule has 0 aromatic heterocycles. The zero-order chi connectivity index (χ0) is 17.2. The van der Waals surface area contributed by atoms with E-state index in [4.69, 9.17) is 4.74 Å². The molecule has 7 heteroatoms. The van der Waals surface area contributed by atoms with E-state index in [0.717, 1.165) is 24.9 Å². The molecule has 3 rings (SSSR count). The van der Waals surface area contributed by atoms with Gasteiger partial charge in [0.05, 0.1) is 12.7 Å². The number of nitrogens with zero attached hydrogens (tertiary/aromatic N) is 1. The van der Waals surface area contributed by atoms with Crippen LogP contribution in [-0.4, -0.2) is 48.3 Å². The molecule has 0 amide bonds. The van der Waals surface area contributed by atoms with Crippen molar-refractivity contribution in [1.29, 1.82) is 0 Å². The maximum Gasteiger partial charge on any atom is 0.573 e. The minimum absolute atomic E-state index is 0.106. The quantitative estimate of drug-likeness (QED) is 0.911. The third-order valence-corrected chi connectivity index (χ3v) is 4.81. The first-order valence-electron chi connectivity index (χ1n) is 8.27. The molecule has 2 aliphatic heterocycles. The molecule has 0 aliphatic carbocycles. The molecule has 0 spiro atoms. The van der Waals surface area contributed by atoms with Gasteiger partial charge in [0.1, 0.15) is 5.75 Å². The minimum Gasteiger partial charge on any atom is -0.406 e. The summed E-state index contributed by atoms with van der Waals surface area (Å²) in [5, 5.41) is 10.2. The monoisotopic (exact) mass is 345 g/mol. The summed E-state index contributed by atoms with van der Waals surface area (Å²) in [5.41, 5.74) is 0.933. The van der Waals surface area contributed by atoms with Crippen molar-refractivity contribution in [3.63, 3.8) is 0 Å². The number of aliphatic hydroxyl groups is 1. The van der Waals surface area contributed by atoms with Crippen molar-refractivity contribution in [2.75, 3.05) is 19.8 Å². The first kappa shape index (κ1) is 17.5. The van der Waals surface area contributed by atoms with Gasteiger partial charge in [-0.25, -0.2) is 0 Å². The molecule has 1 aromatic carbocycles. The lowest BCUT2D eigenvalue weighted by atomic mass is 9.89. The van der Waals surface area contributed by atoms with Crippen molar-refractivity contribution in [2.45, 2.75) is 44.3 Å². The highest BCUT2D eigenvalue weighted by molar-refractivity contribution is 5.27. The van der Waals surface area contributed by atoms with Gasteiger partial charge < -0.3 is 14.6 Å². The molecule has 0 bridgehead atoms. The Kier molecular flexibility index (Phi) is 5.32. The van der Waals surface area contributed by atoms with E-state index in [-0.39, 0.29) is 23.8 Å². The van der Waals surface area contributed by atoms with Gasteiger partial charge in [0.2, 0.25) is 0 Å². The maximum absolute atomic E-state index is 12.2. The van der Waals surface area contributed by atoms with E-state index in [9.17, 15) is 18.3 Å². The summed E-state index contributed by atoms with van der Waals surface area (Å²) in [6, 6.07) is 6.25. The smallest absolute Gasteiger partial charge is 0.406 e. The molecule has 0 radical (unpaired) electrons. The van der Waals surface area contributed by atoms with Crippen LogP contribution in [0.4, 0.5) is 13.2 Å². The first-order chi connectivity index (χ1) is 11.4. The topological polar surface area (TPSA) is 41.9 Å². The molecule has 2 aliphatic rings. The van der Waals surface area contributed by atoms with Gasteiger partial charge >= 0.3 is 6.36 Å². The van der Waals surface area contributed by atoms with Crippen molar-refractivity contribution >= 4 is 0 Å². The Morgan fingerprint density at radius 3 is 2.62 bits per heavy atom. The van der Waals surface area contributed by atoms with Crippen molar-refractivity contribution < 1.29 is 27.8 Å². The van der Waals surface area contributed by atoms with E-state index in [0.29, 0.717) is 26.2 Å². The van der Waals surface area contributed by atoms with Crippen LogP contribution in [0.25, 0.3) is 0 Å². The second kappa shape index (κ2) is 7.29. The zero-order valence-corrected chi connectivity index (χ0v) is 13.3.